The van der Waals surface area contributed by atoms with E-state index in [-0.39, 0.29) is 18.8 Å². The van der Waals surface area contributed by atoms with Crippen LogP contribution in [0, 0.1) is 0 Å². The predicted molar refractivity (Wildman–Crippen MR) is 114 cm³/mol. The Hall–Kier alpha value is -3.42. The number of phenols is 1. The molecule has 1 atom stereocenters. The van der Waals surface area contributed by atoms with Crippen molar-refractivity contribution in [3.63, 3.8) is 0 Å². The minimum atomic E-state index is -0.983. The lowest BCUT2D eigenvalue weighted by molar-refractivity contribution is -0.147. The number of aromatic hydroxyl groups is 1. The van der Waals surface area contributed by atoms with Gasteiger partial charge in [-0.3, -0.25) is 0 Å². The van der Waals surface area contributed by atoms with Crippen LogP contribution in [0.15, 0.2) is 42.5 Å². The molecule has 0 aliphatic carbocycles. The van der Waals surface area contributed by atoms with E-state index < -0.39 is 23.7 Å². The van der Waals surface area contributed by atoms with Crippen molar-refractivity contribution in [1.82, 2.24) is 5.32 Å². The summed E-state index contributed by atoms with van der Waals surface area (Å²) in [6, 6.07) is 10.5. The van der Waals surface area contributed by atoms with E-state index in [1.807, 2.05) is 0 Å². The summed E-state index contributed by atoms with van der Waals surface area (Å²) in [5.74, 6) is 0.609. The van der Waals surface area contributed by atoms with Crippen LogP contribution in [0.5, 0.6) is 17.2 Å². The number of alkyl carbamates (subject to hydrolysis) is 1. The van der Waals surface area contributed by atoms with Crippen LogP contribution >= 0.6 is 0 Å². The summed E-state index contributed by atoms with van der Waals surface area (Å²) in [6.07, 6.45) is -0.562. The molecule has 0 bridgehead atoms. The van der Waals surface area contributed by atoms with Gasteiger partial charge in [-0.1, -0.05) is 12.1 Å². The van der Waals surface area contributed by atoms with Gasteiger partial charge in [-0.15, -0.1) is 0 Å². The lowest BCUT2D eigenvalue weighted by Crippen LogP contribution is -2.45. The summed E-state index contributed by atoms with van der Waals surface area (Å²) >= 11 is 0. The number of nitrogens with one attached hydrogen (secondary N) is 1. The van der Waals surface area contributed by atoms with Gasteiger partial charge >= 0.3 is 12.1 Å². The highest BCUT2D eigenvalue weighted by molar-refractivity contribution is 5.81. The molecule has 8 nitrogen and oxygen atoms in total. The van der Waals surface area contributed by atoms with Crippen molar-refractivity contribution in [2.45, 2.75) is 45.4 Å². The van der Waals surface area contributed by atoms with Gasteiger partial charge in [0.1, 0.15) is 35.5 Å². The number of hydrogen-bond acceptors (Lipinski definition) is 7. The maximum absolute atomic E-state index is 12.8. The van der Waals surface area contributed by atoms with Crippen LogP contribution in [0.4, 0.5) is 4.79 Å². The molecule has 2 aromatic carbocycles. The molecule has 31 heavy (non-hydrogen) atoms. The zero-order valence-corrected chi connectivity index (χ0v) is 18.4. The summed E-state index contributed by atoms with van der Waals surface area (Å²) in [6.45, 7) is 5.15. The fourth-order valence-corrected chi connectivity index (χ4v) is 2.73. The molecule has 1 amide bonds. The number of hydrogen-bond donors (Lipinski definition) is 2. The topological polar surface area (TPSA) is 103 Å². The molecule has 0 aromatic heterocycles. The quantitative estimate of drug-likeness (QED) is 0.616. The molecular formula is C23H29NO7. The van der Waals surface area contributed by atoms with Gasteiger partial charge in [0.25, 0.3) is 0 Å². The molecule has 0 radical (unpaired) electrons. The molecule has 0 spiro atoms. The van der Waals surface area contributed by atoms with Crippen molar-refractivity contribution in [3.8, 4) is 17.2 Å². The predicted octanol–water partition coefficient (Wildman–Crippen LogP) is 3.59. The molecule has 0 heterocycles. The van der Waals surface area contributed by atoms with E-state index in [4.69, 9.17) is 18.9 Å². The Balaban J connectivity index is 2.13. The average molecular weight is 431 g/mol. The first-order valence-corrected chi connectivity index (χ1v) is 9.76. The number of esters is 1. The van der Waals surface area contributed by atoms with Crippen molar-refractivity contribution in [2.24, 2.45) is 0 Å². The largest absolute Gasteiger partial charge is 0.508 e. The Labute approximate surface area is 182 Å². The lowest BCUT2D eigenvalue weighted by Gasteiger charge is -2.23. The number of ether oxygens (including phenoxy) is 4. The summed E-state index contributed by atoms with van der Waals surface area (Å²) in [5.41, 5.74) is 0.670. The third-order valence-electron chi connectivity index (χ3n) is 4.22. The summed E-state index contributed by atoms with van der Waals surface area (Å²) in [5, 5.41) is 12.0. The van der Waals surface area contributed by atoms with Crippen LogP contribution < -0.4 is 14.8 Å². The van der Waals surface area contributed by atoms with E-state index in [0.29, 0.717) is 17.1 Å². The van der Waals surface area contributed by atoms with Crippen LogP contribution in [0.2, 0.25) is 0 Å². The van der Waals surface area contributed by atoms with Crippen molar-refractivity contribution in [1.29, 1.82) is 0 Å². The smallest absolute Gasteiger partial charge is 0.408 e. The first-order chi connectivity index (χ1) is 14.6. The van der Waals surface area contributed by atoms with Gasteiger partial charge in [0, 0.05) is 18.1 Å². The second-order valence-electron chi connectivity index (χ2n) is 7.85. The molecule has 168 valence electrons. The molecule has 2 N–H and O–H groups in total. The first kappa shape index (κ1) is 23.9. The molecule has 0 fully saturated rings. The molecule has 0 saturated carbocycles. The summed E-state index contributed by atoms with van der Waals surface area (Å²) in [7, 11) is 3.06. The van der Waals surface area contributed by atoms with Gasteiger partial charge in [-0.05, 0) is 50.6 Å². The van der Waals surface area contributed by atoms with Gasteiger partial charge in [-0.25, -0.2) is 9.59 Å². The Morgan fingerprint density at radius 2 is 1.71 bits per heavy atom. The molecule has 0 saturated heterocycles. The Morgan fingerprint density at radius 1 is 1.03 bits per heavy atom. The highest BCUT2D eigenvalue weighted by atomic mass is 16.6. The molecule has 8 heteroatoms. The van der Waals surface area contributed by atoms with Gasteiger partial charge in [0.05, 0.1) is 14.2 Å². The van der Waals surface area contributed by atoms with Gasteiger partial charge in [0.2, 0.25) is 0 Å². The van der Waals surface area contributed by atoms with Crippen molar-refractivity contribution < 1.29 is 33.6 Å². The second-order valence-corrected chi connectivity index (χ2v) is 7.85. The summed E-state index contributed by atoms with van der Waals surface area (Å²) < 4.78 is 21.2. The second kappa shape index (κ2) is 10.6. The maximum atomic E-state index is 12.8. The van der Waals surface area contributed by atoms with Crippen LogP contribution in [-0.4, -0.2) is 43.0 Å². The summed E-state index contributed by atoms with van der Waals surface area (Å²) in [4.78, 5) is 25.1. The minimum absolute atomic E-state index is 0.0475. The lowest BCUT2D eigenvalue weighted by atomic mass is 10.1. The fourth-order valence-electron chi connectivity index (χ4n) is 2.73. The van der Waals surface area contributed by atoms with E-state index in [9.17, 15) is 14.7 Å². The Morgan fingerprint density at radius 3 is 2.29 bits per heavy atom. The Bertz CT molecular complexity index is 888. The number of benzene rings is 2. The highest BCUT2D eigenvalue weighted by Crippen LogP contribution is 2.25. The number of carbonyl (C=O) groups excluding carboxylic acids is 2. The van der Waals surface area contributed by atoms with Crippen LogP contribution in [0.25, 0.3) is 0 Å². The third kappa shape index (κ3) is 7.73. The standard InChI is InChI=1S/C23H29NO7/c1-23(2,3)31-22(27)24-19(12-15-6-9-17(25)10-7-15)21(26)30-14-16-8-11-18(28-4)13-20(16)29-5/h6-11,13,19,25H,12,14H2,1-5H3,(H,24,27). The van der Waals surface area contributed by atoms with Crippen molar-refractivity contribution in [3.05, 3.63) is 53.6 Å². The van der Waals surface area contributed by atoms with E-state index in [2.05, 4.69) is 5.32 Å². The van der Waals surface area contributed by atoms with Crippen LogP contribution in [-0.2, 0) is 27.3 Å². The molecular weight excluding hydrogens is 402 g/mol. The van der Waals surface area contributed by atoms with Crippen LogP contribution in [0.3, 0.4) is 0 Å². The zero-order chi connectivity index (χ0) is 23.0. The van der Waals surface area contributed by atoms with E-state index in [0.717, 1.165) is 5.56 Å². The average Bonchev–Trinajstić information content (AvgIpc) is 2.71. The van der Waals surface area contributed by atoms with E-state index in [1.54, 1.807) is 58.2 Å². The maximum Gasteiger partial charge on any atom is 0.408 e. The molecule has 2 aromatic rings. The molecule has 2 rings (SSSR count). The fraction of sp³-hybridized carbons (Fsp3) is 0.391. The molecule has 0 aliphatic heterocycles. The zero-order valence-electron chi connectivity index (χ0n) is 18.4. The van der Waals surface area contributed by atoms with E-state index >= 15 is 0 Å². The van der Waals surface area contributed by atoms with Gasteiger partial charge in [-0.2, -0.15) is 0 Å². The number of carbonyl (C=O) groups is 2. The van der Waals surface area contributed by atoms with Crippen molar-refractivity contribution in [2.75, 3.05) is 14.2 Å². The van der Waals surface area contributed by atoms with Crippen LogP contribution in [0.1, 0.15) is 31.9 Å². The van der Waals surface area contributed by atoms with Gasteiger partial charge < -0.3 is 29.4 Å². The highest BCUT2D eigenvalue weighted by Gasteiger charge is 2.26. The normalized spacial score (nSPS) is 11.9. The van der Waals surface area contributed by atoms with Crippen molar-refractivity contribution >= 4 is 12.1 Å². The number of rotatable bonds is 8. The minimum Gasteiger partial charge on any atom is -0.508 e. The monoisotopic (exact) mass is 431 g/mol. The Kier molecular flexibility index (Phi) is 8.13. The number of amides is 1. The van der Waals surface area contributed by atoms with E-state index in [1.165, 1.54) is 19.2 Å². The third-order valence-corrected chi connectivity index (χ3v) is 4.22. The SMILES string of the molecule is COc1ccc(COC(=O)C(Cc2ccc(O)cc2)NC(=O)OC(C)(C)C)c(OC)c1. The molecule has 0 aliphatic rings. The van der Waals surface area contributed by atoms with Gasteiger partial charge in [0.15, 0.2) is 0 Å². The molecule has 1 unspecified atom stereocenters. The number of phenolic OH excluding ortho intramolecular Hbond substituents is 1. The number of methoxy groups -OCH3 is 2. The first-order valence-electron chi connectivity index (χ1n) is 9.76.